The lowest BCUT2D eigenvalue weighted by Gasteiger charge is -2.22. The highest BCUT2D eigenvalue weighted by atomic mass is 35.5. The van der Waals surface area contributed by atoms with Crippen LogP contribution in [-0.2, 0) is 28.7 Å². The van der Waals surface area contributed by atoms with Crippen LogP contribution in [0, 0.1) is 23.7 Å². The van der Waals surface area contributed by atoms with E-state index in [4.69, 9.17) is 11.6 Å². The Labute approximate surface area is 146 Å². The maximum absolute atomic E-state index is 11.1. The van der Waals surface area contributed by atoms with Crippen LogP contribution in [0.3, 0.4) is 0 Å². The van der Waals surface area contributed by atoms with E-state index in [0.717, 1.165) is 32.1 Å². The van der Waals surface area contributed by atoms with E-state index in [1.165, 1.54) is 0 Å². The highest BCUT2D eigenvalue weighted by Crippen LogP contribution is 2.38. The first-order valence-corrected chi connectivity index (χ1v) is 8.56. The van der Waals surface area contributed by atoms with Crippen molar-refractivity contribution in [3.8, 4) is 0 Å². The maximum Gasteiger partial charge on any atom is 0.317 e. The van der Waals surface area contributed by atoms with E-state index < -0.39 is 0 Å². The van der Waals surface area contributed by atoms with Crippen LogP contribution in [-0.4, -0.2) is 29.3 Å². The number of cyclic esters (lactones) is 4. The molecule has 5 atom stereocenters. The fraction of sp³-hybridized carbons (Fsp3) is 0.765. The number of rotatable bonds is 0. The Morgan fingerprint density at radius 3 is 1.58 bits per heavy atom. The Morgan fingerprint density at radius 1 is 0.667 bits per heavy atom. The summed E-state index contributed by atoms with van der Waals surface area (Å²) in [7, 11) is 0. The quantitative estimate of drug-likeness (QED) is 0.376. The van der Waals surface area contributed by atoms with Gasteiger partial charge in [0, 0.05) is 5.38 Å². The van der Waals surface area contributed by atoms with Crippen LogP contribution < -0.4 is 0 Å². The van der Waals surface area contributed by atoms with Gasteiger partial charge in [0.25, 0.3) is 0 Å². The Hall–Kier alpha value is -1.43. The van der Waals surface area contributed by atoms with E-state index in [0.29, 0.717) is 12.8 Å². The summed E-state index contributed by atoms with van der Waals surface area (Å²) in [6.07, 6.45) is 5.91. The Kier molecular flexibility index (Phi) is 6.01. The van der Waals surface area contributed by atoms with Crippen molar-refractivity contribution in [3.05, 3.63) is 0 Å². The largest absolute Gasteiger partial charge is 0.393 e. The SMILES string of the molecule is C.O=C1OC(=O)C2CC(Cl)CCC12.O=C1OC(=O)C2CCCCC12. The molecular weight excluding hydrogens is 336 g/mol. The first-order valence-electron chi connectivity index (χ1n) is 8.12. The molecule has 2 saturated carbocycles. The van der Waals surface area contributed by atoms with Gasteiger partial charge in [0.05, 0.1) is 23.7 Å². The van der Waals surface area contributed by atoms with Crippen molar-refractivity contribution in [2.75, 3.05) is 0 Å². The molecule has 5 unspecified atom stereocenters. The predicted octanol–water partition coefficient (Wildman–Crippen LogP) is 2.61. The number of esters is 4. The molecule has 2 aliphatic heterocycles. The molecule has 0 aromatic rings. The molecular formula is C17H23ClO6. The van der Waals surface area contributed by atoms with E-state index >= 15 is 0 Å². The average Bonchev–Trinajstić information content (AvgIpc) is 2.97. The molecule has 6 nitrogen and oxygen atoms in total. The van der Waals surface area contributed by atoms with Crippen molar-refractivity contribution in [1.82, 2.24) is 0 Å². The molecule has 0 bridgehead atoms. The van der Waals surface area contributed by atoms with Gasteiger partial charge in [-0.3, -0.25) is 19.2 Å². The molecule has 4 fully saturated rings. The van der Waals surface area contributed by atoms with Gasteiger partial charge in [-0.05, 0) is 32.1 Å². The zero-order valence-electron chi connectivity index (χ0n) is 12.7. The molecule has 7 heteroatoms. The summed E-state index contributed by atoms with van der Waals surface area (Å²) in [4.78, 5) is 44.1. The lowest BCUT2D eigenvalue weighted by atomic mass is 9.81. The third-order valence-electron chi connectivity index (χ3n) is 5.17. The molecule has 134 valence electrons. The highest BCUT2D eigenvalue weighted by Gasteiger charge is 2.47. The van der Waals surface area contributed by atoms with Gasteiger partial charge < -0.3 is 9.47 Å². The van der Waals surface area contributed by atoms with Crippen molar-refractivity contribution in [1.29, 1.82) is 0 Å². The smallest absolute Gasteiger partial charge is 0.317 e. The van der Waals surface area contributed by atoms with E-state index in [-0.39, 0.29) is 60.4 Å². The molecule has 2 heterocycles. The highest BCUT2D eigenvalue weighted by molar-refractivity contribution is 6.21. The Morgan fingerprint density at radius 2 is 1.08 bits per heavy atom. The van der Waals surface area contributed by atoms with Gasteiger partial charge >= 0.3 is 23.9 Å². The van der Waals surface area contributed by atoms with Crippen LogP contribution in [0.1, 0.15) is 52.4 Å². The second kappa shape index (κ2) is 7.64. The van der Waals surface area contributed by atoms with Crippen molar-refractivity contribution < 1.29 is 28.7 Å². The summed E-state index contributed by atoms with van der Waals surface area (Å²) in [5, 5.41) is 0.0321. The number of carbonyl (C=O) groups is 4. The van der Waals surface area contributed by atoms with Crippen molar-refractivity contribution >= 4 is 35.5 Å². The molecule has 0 aromatic carbocycles. The van der Waals surface area contributed by atoms with Gasteiger partial charge in [-0.25, -0.2) is 0 Å². The summed E-state index contributed by atoms with van der Waals surface area (Å²) >= 11 is 5.88. The predicted molar refractivity (Wildman–Crippen MR) is 84.8 cm³/mol. The standard InChI is InChI=1S/C8H9ClO3.C8H10O3.CH4/c9-4-1-2-5-6(3-4)8(11)12-7(5)10;9-7-5-3-1-2-4-6(5)8(10)11-7;/h4-6H,1-3H2;5-6H,1-4H2;1H4. The molecule has 4 rings (SSSR count). The van der Waals surface area contributed by atoms with Crippen LogP contribution >= 0.6 is 11.6 Å². The molecule has 24 heavy (non-hydrogen) atoms. The zero-order valence-corrected chi connectivity index (χ0v) is 13.4. The minimum absolute atomic E-state index is 0. The molecule has 2 aliphatic carbocycles. The number of hydrogen-bond acceptors (Lipinski definition) is 6. The van der Waals surface area contributed by atoms with Gasteiger partial charge in [0.2, 0.25) is 0 Å². The van der Waals surface area contributed by atoms with E-state index in [1.54, 1.807) is 0 Å². The van der Waals surface area contributed by atoms with Crippen LogP contribution in [0.5, 0.6) is 0 Å². The number of ether oxygens (including phenoxy) is 2. The molecule has 2 saturated heterocycles. The molecule has 0 aromatic heterocycles. The lowest BCUT2D eigenvalue weighted by Crippen LogP contribution is -2.27. The van der Waals surface area contributed by atoms with E-state index in [9.17, 15) is 19.2 Å². The molecule has 0 N–H and O–H groups in total. The Bertz CT molecular complexity index is 523. The molecule has 0 amide bonds. The van der Waals surface area contributed by atoms with Crippen molar-refractivity contribution in [2.24, 2.45) is 23.7 Å². The number of halogens is 1. The van der Waals surface area contributed by atoms with Gasteiger partial charge in [-0.1, -0.05) is 20.3 Å². The normalized spacial score (nSPS) is 37.3. The molecule has 0 spiro atoms. The summed E-state index contributed by atoms with van der Waals surface area (Å²) in [5.41, 5.74) is 0. The third kappa shape index (κ3) is 3.63. The number of hydrogen-bond donors (Lipinski definition) is 0. The fourth-order valence-electron chi connectivity index (χ4n) is 3.86. The van der Waals surface area contributed by atoms with Crippen LogP contribution in [0.25, 0.3) is 0 Å². The van der Waals surface area contributed by atoms with E-state index in [1.807, 2.05) is 0 Å². The topological polar surface area (TPSA) is 86.7 Å². The second-order valence-electron chi connectivity index (χ2n) is 6.60. The molecule has 4 aliphatic rings. The first kappa shape index (κ1) is 18.9. The summed E-state index contributed by atoms with van der Waals surface area (Å²) in [6, 6.07) is 0. The van der Waals surface area contributed by atoms with Gasteiger partial charge in [0.15, 0.2) is 0 Å². The number of fused-ring (bicyclic) bond motifs is 2. The van der Waals surface area contributed by atoms with Gasteiger partial charge in [-0.15, -0.1) is 11.6 Å². The maximum atomic E-state index is 11.1. The first-order chi connectivity index (χ1) is 11.0. The average molecular weight is 359 g/mol. The van der Waals surface area contributed by atoms with Gasteiger partial charge in [0.1, 0.15) is 0 Å². The number of alkyl halides is 1. The Balaban J connectivity index is 0.000000167. The fourth-order valence-corrected chi connectivity index (χ4v) is 4.18. The minimum atomic E-state index is -0.379. The second-order valence-corrected chi connectivity index (χ2v) is 7.22. The van der Waals surface area contributed by atoms with Gasteiger partial charge in [-0.2, -0.15) is 0 Å². The van der Waals surface area contributed by atoms with E-state index in [2.05, 4.69) is 9.47 Å². The summed E-state index contributed by atoms with van der Waals surface area (Å²) in [5.74, 6) is -1.97. The monoisotopic (exact) mass is 358 g/mol. The molecule has 0 radical (unpaired) electrons. The third-order valence-corrected chi connectivity index (χ3v) is 5.56. The van der Waals surface area contributed by atoms with Crippen molar-refractivity contribution in [3.63, 3.8) is 0 Å². The van der Waals surface area contributed by atoms with Crippen LogP contribution in [0.15, 0.2) is 0 Å². The number of carbonyl (C=O) groups excluding carboxylic acids is 4. The van der Waals surface area contributed by atoms with Crippen LogP contribution in [0.4, 0.5) is 0 Å². The summed E-state index contributed by atoms with van der Waals surface area (Å²) in [6.45, 7) is 0. The van der Waals surface area contributed by atoms with Crippen molar-refractivity contribution in [2.45, 2.75) is 57.7 Å². The minimum Gasteiger partial charge on any atom is -0.393 e. The summed E-state index contributed by atoms with van der Waals surface area (Å²) < 4.78 is 9.05. The van der Waals surface area contributed by atoms with Crippen LogP contribution in [0.2, 0.25) is 0 Å². The lowest BCUT2D eigenvalue weighted by molar-refractivity contribution is -0.155. The zero-order chi connectivity index (χ0) is 16.6.